The first kappa shape index (κ1) is 20.5. The Morgan fingerprint density at radius 3 is 2.75 bits per heavy atom. The smallest absolute Gasteiger partial charge is 0.413 e. The molecule has 1 unspecified atom stereocenters. The number of anilines is 2. The minimum atomic E-state index is -1.73. The highest BCUT2D eigenvalue weighted by Gasteiger charge is 2.50. The van der Waals surface area contributed by atoms with E-state index in [1.165, 1.54) is 12.0 Å². The van der Waals surface area contributed by atoms with Crippen LogP contribution in [0, 0.1) is 3.57 Å². The summed E-state index contributed by atoms with van der Waals surface area (Å²) in [6.45, 7) is 0. The number of aromatic nitrogens is 2. The van der Waals surface area contributed by atoms with Crippen LogP contribution in [0.25, 0.3) is 11.0 Å². The summed E-state index contributed by atoms with van der Waals surface area (Å²) in [6, 6.07) is 19.6. The lowest BCUT2D eigenvalue weighted by atomic mass is 9.93. The molecule has 0 saturated heterocycles. The number of H-pyrrole nitrogens is 1. The van der Waals surface area contributed by atoms with Gasteiger partial charge in [0.2, 0.25) is 5.95 Å². The first-order chi connectivity index (χ1) is 15.4. The third-order valence-corrected chi connectivity index (χ3v) is 6.09. The van der Waals surface area contributed by atoms with E-state index in [1.807, 2.05) is 18.2 Å². The number of aromatic amines is 1. The van der Waals surface area contributed by atoms with Crippen LogP contribution in [0.5, 0.6) is 0 Å². The number of carbonyl (C=O) groups excluding carboxylic acids is 2. The van der Waals surface area contributed by atoms with Crippen molar-refractivity contribution in [2.75, 3.05) is 17.3 Å². The number of nitrogens with one attached hydrogen (secondary N) is 2. The van der Waals surface area contributed by atoms with Crippen LogP contribution in [0.15, 0.2) is 66.7 Å². The molecular formula is C23H17IN4O4. The first-order valence-electron chi connectivity index (χ1n) is 9.69. The molecule has 1 aliphatic rings. The Kier molecular flexibility index (Phi) is 4.86. The number of hydrogen-bond acceptors (Lipinski definition) is 5. The van der Waals surface area contributed by atoms with Crippen LogP contribution in [0.3, 0.4) is 0 Å². The van der Waals surface area contributed by atoms with Gasteiger partial charge in [-0.25, -0.2) is 9.78 Å². The number of methoxy groups -OCH3 is 1. The molecule has 0 saturated carbocycles. The minimum absolute atomic E-state index is 0.216. The molecule has 0 bridgehead atoms. The Balaban J connectivity index is 1.68. The number of amides is 2. The van der Waals surface area contributed by atoms with Gasteiger partial charge in [0.05, 0.1) is 18.1 Å². The quantitative estimate of drug-likeness (QED) is 0.338. The van der Waals surface area contributed by atoms with Crippen molar-refractivity contribution in [3.05, 3.63) is 87.0 Å². The molecule has 32 heavy (non-hydrogen) atoms. The van der Waals surface area contributed by atoms with Crippen molar-refractivity contribution in [1.82, 2.24) is 9.97 Å². The Morgan fingerprint density at radius 2 is 1.97 bits per heavy atom. The Labute approximate surface area is 196 Å². The predicted molar refractivity (Wildman–Crippen MR) is 128 cm³/mol. The summed E-state index contributed by atoms with van der Waals surface area (Å²) >= 11 is 2.17. The highest BCUT2D eigenvalue weighted by molar-refractivity contribution is 14.1. The molecule has 0 spiro atoms. The summed E-state index contributed by atoms with van der Waals surface area (Å²) < 4.78 is 5.54. The summed E-state index contributed by atoms with van der Waals surface area (Å²) in [5.74, 6) is -0.0730. The zero-order valence-corrected chi connectivity index (χ0v) is 19.0. The van der Waals surface area contributed by atoms with Gasteiger partial charge in [-0.15, -0.1) is 0 Å². The number of ether oxygens (including phenoxy) is 1. The molecule has 9 heteroatoms. The van der Waals surface area contributed by atoms with Crippen LogP contribution in [-0.4, -0.2) is 34.2 Å². The van der Waals surface area contributed by atoms with Gasteiger partial charge in [0, 0.05) is 25.9 Å². The van der Waals surface area contributed by atoms with Gasteiger partial charge >= 0.3 is 6.09 Å². The second-order valence-electron chi connectivity index (χ2n) is 7.27. The highest BCUT2D eigenvalue weighted by Crippen LogP contribution is 2.45. The van der Waals surface area contributed by atoms with Gasteiger partial charge in [0.1, 0.15) is 0 Å². The molecule has 160 valence electrons. The fourth-order valence-electron chi connectivity index (χ4n) is 4.00. The molecule has 8 nitrogen and oxygen atoms in total. The van der Waals surface area contributed by atoms with E-state index in [1.54, 1.807) is 48.5 Å². The van der Waals surface area contributed by atoms with Crippen molar-refractivity contribution in [3.8, 4) is 0 Å². The molecule has 1 aromatic heterocycles. The number of aliphatic hydroxyl groups is 1. The van der Waals surface area contributed by atoms with Gasteiger partial charge in [-0.3, -0.25) is 15.0 Å². The third kappa shape index (κ3) is 3.12. The zero-order chi connectivity index (χ0) is 22.5. The number of rotatable bonds is 3. The minimum Gasteiger partial charge on any atom is -0.453 e. The van der Waals surface area contributed by atoms with Crippen LogP contribution < -0.4 is 10.2 Å². The van der Waals surface area contributed by atoms with Crippen molar-refractivity contribution in [1.29, 1.82) is 0 Å². The number of carbonyl (C=O) groups is 2. The lowest BCUT2D eigenvalue weighted by molar-refractivity contribution is 0.0704. The van der Waals surface area contributed by atoms with Crippen LogP contribution in [-0.2, 0) is 10.5 Å². The van der Waals surface area contributed by atoms with Crippen molar-refractivity contribution in [2.45, 2.75) is 5.72 Å². The van der Waals surface area contributed by atoms with Gasteiger partial charge < -0.3 is 14.8 Å². The Morgan fingerprint density at radius 1 is 1.16 bits per heavy atom. The number of hydrogen-bond donors (Lipinski definition) is 3. The maximum absolute atomic E-state index is 13.4. The summed E-state index contributed by atoms with van der Waals surface area (Å²) in [5.41, 5.74) is 1.44. The molecule has 0 fully saturated rings. The monoisotopic (exact) mass is 540 g/mol. The fraction of sp³-hybridized carbons (Fsp3) is 0.0870. The summed E-state index contributed by atoms with van der Waals surface area (Å²) in [6.07, 6.45) is -0.650. The Bertz CT molecular complexity index is 1390. The predicted octanol–water partition coefficient (Wildman–Crippen LogP) is 4.20. The molecule has 0 radical (unpaired) electrons. The van der Waals surface area contributed by atoms with E-state index in [2.05, 4.69) is 42.6 Å². The van der Waals surface area contributed by atoms with Crippen molar-refractivity contribution in [2.24, 2.45) is 0 Å². The lowest BCUT2D eigenvalue weighted by Gasteiger charge is -2.35. The van der Waals surface area contributed by atoms with Crippen molar-refractivity contribution < 1.29 is 19.4 Å². The standard InChI is InChI=1S/C23H17IN4O4/c1-32-22(30)27-21-25-18-10-9-13(11-19(18)26-21)23(31)17-8-3-2-7-16(17)20(29)28(23)15-6-4-5-14(24)12-15/h2-12,31H,1H3,(H2,25,26,27,30). The van der Waals surface area contributed by atoms with Gasteiger partial charge in [-0.05, 0) is 59.0 Å². The lowest BCUT2D eigenvalue weighted by Crippen LogP contribution is -2.45. The van der Waals surface area contributed by atoms with Gasteiger partial charge in [-0.1, -0.05) is 30.3 Å². The molecule has 1 atom stereocenters. The maximum Gasteiger partial charge on any atom is 0.413 e. The molecule has 5 rings (SSSR count). The van der Waals surface area contributed by atoms with Gasteiger partial charge in [0.15, 0.2) is 5.72 Å². The molecule has 2 heterocycles. The molecule has 1 aliphatic heterocycles. The number of halogens is 1. The third-order valence-electron chi connectivity index (χ3n) is 5.42. The molecule has 3 N–H and O–H groups in total. The second-order valence-corrected chi connectivity index (χ2v) is 8.52. The van der Waals surface area contributed by atoms with E-state index in [-0.39, 0.29) is 11.9 Å². The largest absolute Gasteiger partial charge is 0.453 e. The van der Waals surface area contributed by atoms with Gasteiger partial charge in [-0.2, -0.15) is 0 Å². The van der Waals surface area contributed by atoms with E-state index in [0.717, 1.165) is 3.57 Å². The molecule has 3 aromatic carbocycles. The van der Waals surface area contributed by atoms with E-state index in [4.69, 9.17) is 0 Å². The summed E-state index contributed by atoms with van der Waals surface area (Å²) in [5, 5.41) is 14.6. The fourth-order valence-corrected chi connectivity index (χ4v) is 4.53. The molecule has 2 amide bonds. The average Bonchev–Trinajstić information content (AvgIpc) is 3.29. The van der Waals surface area contributed by atoms with E-state index >= 15 is 0 Å². The van der Waals surface area contributed by atoms with Crippen LogP contribution in [0.1, 0.15) is 21.5 Å². The van der Waals surface area contributed by atoms with Crippen LogP contribution >= 0.6 is 22.6 Å². The van der Waals surface area contributed by atoms with Crippen molar-refractivity contribution >= 4 is 57.3 Å². The summed E-state index contributed by atoms with van der Waals surface area (Å²) in [4.78, 5) is 33.6. The molecular weight excluding hydrogens is 523 g/mol. The number of benzene rings is 3. The van der Waals surface area contributed by atoms with Gasteiger partial charge in [0.25, 0.3) is 5.91 Å². The SMILES string of the molecule is COC(=O)Nc1nc2ccc(C3(O)c4ccccc4C(=O)N3c3cccc(I)c3)cc2[nH]1. The Hall–Kier alpha value is -3.44. The average molecular weight is 540 g/mol. The number of fused-ring (bicyclic) bond motifs is 2. The molecule has 0 aliphatic carbocycles. The van der Waals surface area contributed by atoms with Crippen LogP contribution in [0.4, 0.5) is 16.4 Å². The topological polar surface area (TPSA) is 108 Å². The van der Waals surface area contributed by atoms with Crippen molar-refractivity contribution in [3.63, 3.8) is 0 Å². The normalized spacial score (nSPS) is 17.5. The number of imidazole rings is 1. The van der Waals surface area contributed by atoms with E-state index in [9.17, 15) is 14.7 Å². The first-order valence-corrected chi connectivity index (χ1v) is 10.8. The summed E-state index contributed by atoms with van der Waals surface area (Å²) in [7, 11) is 1.26. The van der Waals surface area contributed by atoms with Crippen LogP contribution in [0.2, 0.25) is 0 Å². The zero-order valence-electron chi connectivity index (χ0n) is 16.8. The molecule has 4 aromatic rings. The second kappa shape index (κ2) is 7.61. The number of nitrogens with zero attached hydrogens (tertiary/aromatic N) is 2. The maximum atomic E-state index is 13.4. The highest BCUT2D eigenvalue weighted by atomic mass is 127. The van der Waals surface area contributed by atoms with E-state index in [0.29, 0.717) is 33.4 Å². The van der Waals surface area contributed by atoms with E-state index < -0.39 is 11.8 Å².